The standard InChI is InChI=1S/C15H17BrO/c1-10(2)12-4-6-13(7-5-12)14(16)15-11(3)8-9-17-15/h4-10,14H,1-3H3. The van der Waals surface area contributed by atoms with Gasteiger partial charge in [0.15, 0.2) is 0 Å². The average Bonchev–Trinajstić information content (AvgIpc) is 2.74. The van der Waals surface area contributed by atoms with Crippen LogP contribution in [0.4, 0.5) is 0 Å². The SMILES string of the molecule is Cc1ccoc1C(Br)c1ccc(C(C)C)cc1. The van der Waals surface area contributed by atoms with Crippen LogP contribution in [-0.2, 0) is 0 Å². The molecule has 0 fully saturated rings. The molecule has 0 amide bonds. The molecule has 2 heteroatoms. The van der Waals surface area contributed by atoms with Gasteiger partial charge in [-0.05, 0) is 35.6 Å². The van der Waals surface area contributed by atoms with Crippen LogP contribution in [0.5, 0.6) is 0 Å². The maximum Gasteiger partial charge on any atom is 0.124 e. The maximum absolute atomic E-state index is 5.51. The summed E-state index contributed by atoms with van der Waals surface area (Å²) in [5, 5.41) is 0. The molecule has 1 aromatic carbocycles. The summed E-state index contributed by atoms with van der Waals surface area (Å²) in [5.41, 5.74) is 3.77. The Kier molecular flexibility index (Phi) is 3.72. The summed E-state index contributed by atoms with van der Waals surface area (Å²) in [5.74, 6) is 1.56. The zero-order valence-electron chi connectivity index (χ0n) is 10.4. The lowest BCUT2D eigenvalue weighted by molar-refractivity contribution is 0.517. The molecule has 0 radical (unpaired) electrons. The van der Waals surface area contributed by atoms with Gasteiger partial charge < -0.3 is 4.42 Å². The Hall–Kier alpha value is -1.02. The van der Waals surface area contributed by atoms with Crippen LogP contribution in [0.1, 0.15) is 47.0 Å². The van der Waals surface area contributed by atoms with Gasteiger partial charge in [-0.2, -0.15) is 0 Å². The van der Waals surface area contributed by atoms with E-state index in [0.29, 0.717) is 5.92 Å². The Balaban J connectivity index is 2.26. The van der Waals surface area contributed by atoms with Crippen LogP contribution in [0.2, 0.25) is 0 Å². The van der Waals surface area contributed by atoms with Crippen molar-refractivity contribution in [1.82, 2.24) is 0 Å². The normalized spacial score (nSPS) is 13.0. The first-order chi connectivity index (χ1) is 8.09. The summed E-state index contributed by atoms with van der Waals surface area (Å²) in [7, 11) is 0. The summed E-state index contributed by atoms with van der Waals surface area (Å²) < 4.78 is 5.51. The Morgan fingerprint density at radius 2 is 1.59 bits per heavy atom. The van der Waals surface area contributed by atoms with E-state index in [-0.39, 0.29) is 4.83 Å². The largest absolute Gasteiger partial charge is 0.468 e. The van der Waals surface area contributed by atoms with Crippen LogP contribution >= 0.6 is 15.9 Å². The van der Waals surface area contributed by atoms with Gasteiger partial charge in [-0.1, -0.05) is 54.0 Å². The first kappa shape index (κ1) is 12.4. The van der Waals surface area contributed by atoms with E-state index in [1.54, 1.807) is 6.26 Å². The van der Waals surface area contributed by atoms with E-state index in [4.69, 9.17) is 4.42 Å². The predicted octanol–water partition coefficient (Wildman–Crippen LogP) is 5.20. The van der Waals surface area contributed by atoms with E-state index in [1.807, 2.05) is 6.07 Å². The molecule has 0 aliphatic rings. The lowest BCUT2D eigenvalue weighted by Gasteiger charge is -2.11. The first-order valence-corrected chi connectivity index (χ1v) is 6.79. The van der Waals surface area contributed by atoms with Crippen molar-refractivity contribution < 1.29 is 4.42 Å². The van der Waals surface area contributed by atoms with Crippen molar-refractivity contribution in [2.24, 2.45) is 0 Å². The van der Waals surface area contributed by atoms with Crippen LogP contribution in [0.25, 0.3) is 0 Å². The molecule has 0 aliphatic carbocycles. The number of hydrogen-bond acceptors (Lipinski definition) is 1. The fraction of sp³-hybridized carbons (Fsp3) is 0.333. The molecule has 1 aromatic heterocycles. The molecule has 0 bridgehead atoms. The highest BCUT2D eigenvalue weighted by atomic mass is 79.9. The van der Waals surface area contributed by atoms with Gasteiger partial charge in [0.25, 0.3) is 0 Å². The smallest absolute Gasteiger partial charge is 0.124 e. The molecule has 90 valence electrons. The number of alkyl halides is 1. The molecule has 2 aromatic rings. The summed E-state index contributed by atoms with van der Waals surface area (Å²) >= 11 is 3.69. The van der Waals surface area contributed by atoms with Crippen LogP contribution in [-0.4, -0.2) is 0 Å². The Morgan fingerprint density at radius 3 is 2.06 bits per heavy atom. The molecule has 0 spiro atoms. The molecule has 0 saturated carbocycles. The molecule has 1 nitrogen and oxygen atoms in total. The lowest BCUT2D eigenvalue weighted by Crippen LogP contribution is -1.94. The number of rotatable bonds is 3. The number of furan rings is 1. The highest BCUT2D eigenvalue weighted by molar-refractivity contribution is 9.09. The quantitative estimate of drug-likeness (QED) is 0.709. The molecule has 17 heavy (non-hydrogen) atoms. The van der Waals surface area contributed by atoms with Crippen molar-refractivity contribution in [3.8, 4) is 0 Å². The number of hydrogen-bond donors (Lipinski definition) is 0. The summed E-state index contributed by atoms with van der Waals surface area (Å²) in [6, 6.07) is 10.7. The maximum atomic E-state index is 5.51. The minimum absolute atomic E-state index is 0.138. The van der Waals surface area contributed by atoms with E-state index in [2.05, 4.69) is 61.0 Å². The Morgan fingerprint density at radius 1 is 1.00 bits per heavy atom. The molecule has 0 aliphatic heterocycles. The topological polar surface area (TPSA) is 13.1 Å². The van der Waals surface area contributed by atoms with Gasteiger partial charge in [0.1, 0.15) is 5.76 Å². The number of halogens is 1. The molecular weight excluding hydrogens is 276 g/mol. The minimum atomic E-state index is 0.138. The molecule has 2 rings (SSSR count). The molecule has 1 heterocycles. The second-order valence-electron chi connectivity index (χ2n) is 4.65. The molecular formula is C15H17BrO. The molecule has 1 unspecified atom stereocenters. The van der Waals surface area contributed by atoms with E-state index in [9.17, 15) is 0 Å². The minimum Gasteiger partial charge on any atom is -0.468 e. The summed E-state index contributed by atoms with van der Waals surface area (Å²) in [6.45, 7) is 6.48. The fourth-order valence-corrected chi connectivity index (χ4v) is 2.62. The third-order valence-electron chi connectivity index (χ3n) is 3.03. The molecule has 0 saturated heterocycles. The van der Waals surface area contributed by atoms with E-state index < -0.39 is 0 Å². The van der Waals surface area contributed by atoms with Gasteiger partial charge in [-0.15, -0.1) is 0 Å². The van der Waals surface area contributed by atoms with Crippen molar-refractivity contribution >= 4 is 15.9 Å². The van der Waals surface area contributed by atoms with Gasteiger partial charge in [0, 0.05) is 0 Å². The van der Waals surface area contributed by atoms with Gasteiger partial charge in [0.2, 0.25) is 0 Å². The van der Waals surface area contributed by atoms with Crippen molar-refractivity contribution in [3.63, 3.8) is 0 Å². The van der Waals surface area contributed by atoms with Crippen LogP contribution in [0.15, 0.2) is 41.0 Å². The van der Waals surface area contributed by atoms with Crippen molar-refractivity contribution in [2.45, 2.75) is 31.5 Å². The average molecular weight is 293 g/mol. The lowest BCUT2D eigenvalue weighted by atomic mass is 10.00. The second kappa shape index (κ2) is 5.09. The monoisotopic (exact) mass is 292 g/mol. The van der Waals surface area contributed by atoms with Crippen molar-refractivity contribution in [3.05, 3.63) is 59.0 Å². The van der Waals surface area contributed by atoms with Crippen LogP contribution in [0, 0.1) is 6.92 Å². The Bertz CT molecular complexity index is 482. The third-order valence-corrected chi connectivity index (χ3v) is 3.97. The van der Waals surface area contributed by atoms with Crippen LogP contribution < -0.4 is 0 Å². The van der Waals surface area contributed by atoms with Crippen molar-refractivity contribution in [1.29, 1.82) is 0 Å². The molecule has 1 atom stereocenters. The van der Waals surface area contributed by atoms with E-state index >= 15 is 0 Å². The highest BCUT2D eigenvalue weighted by Crippen LogP contribution is 2.33. The fourth-order valence-electron chi connectivity index (χ4n) is 1.85. The molecule has 0 N–H and O–H groups in total. The van der Waals surface area contributed by atoms with Crippen LogP contribution in [0.3, 0.4) is 0 Å². The Labute approximate surface area is 111 Å². The van der Waals surface area contributed by atoms with E-state index in [0.717, 1.165) is 5.76 Å². The first-order valence-electron chi connectivity index (χ1n) is 5.87. The zero-order valence-corrected chi connectivity index (χ0v) is 12.0. The highest BCUT2D eigenvalue weighted by Gasteiger charge is 2.15. The van der Waals surface area contributed by atoms with Gasteiger partial charge >= 0.3 is 0 Å². The summed E-state index contributed by atoms with van der Waals surface area (Å²) in [4.78, 5) is 0.138. The van der Waals surface area contributed by atoms with E-state index in [1.165, 1.54) is 16.7 Å². The predicted molar refractivity (Wildman–Crippen MR) is 74.7 cm³/mol. The number of benzene rings is 1. The van der Waals surface area contributed by atoms with Crippen molar-refractivity contribution in [2.75, 3.05) is 0 Å². The zero-order chi connectivity index (χ0) is 12.4. The summed E-state index contributed by atoms with van der Waals surface area (Å²) in [6.07, 6.45) is 1.74. The van der Waals surface area contributed by atoms with Gasteiger partial charge in [0.05, 0.1) is 11.1 Å². The van der Waals surface area contributed by atoms with Gasteiger partial charge in [-0.25, -0.2) is 0 Å². The third kappa shape index (κ3) is 2.63. The van der Waals surface area contributed by atoms with Gasteiger partial charge in [-0.3, -0.25) is 0 Å². The number of aryl methyl sites for hydroxylation is 1. The second-order valence-corrected chi connectivity index (χ2v) is 5.57.